The third-order valence-corrected chi connectivity index (χ3v) is 5.56. The zero-order chi connectivity index (χ0) is 32.5. The van der Waals surface area contributed by atoms with Crippen LogP contribution in [-0.2, 0) is 24.0 Å². The number of nitrogens with one attached hydrogen (secondary N) is 2. The van der Waals surface area contributed by atoms with Crippen molar-refractivity contribution in [2.24, 2.45) is 0 Å². The van der Waals surface area contributed by atoms with E-state index in [4.69, 9.17) is 19.7 Å². The Morgan fingerprint density at radius 1 is 1.07 bits per heavy atom. The van der Waals surface area contributed by atoms with E-state index in [0.717, 1.165) is 16.7 Å². The van der Waals surface area contributed by atoms with Gasteiger partial charge in [0.05, 0.1) is 6.61 Å². The van der Waals surface area contributed by atoms with E-state index in [1.807, 2.05) is 34.6 Å². The summed E-state index contributed by atoms with van der Waals surface area (Å²) in [6.45, 7) is 11.3. The zero-order valence-electron chi connectivity index (χ0n) is 24.7. The van der Waals surface area contributed by atoms with E-state index < -0.39 is 28.7 Å². The molecular formula is C27H41N3O12. The number of aliphatic hydroxyl groups excluding tert-OH is 1. The van der Waals surface area contributed by atoms with Crippen molar-refractivity contribution >= 4 is 23.8 Å². The number of carboxylic acid groups (broad SMARTS) is 2. The number of benzene rings is 1. The topological polar surface area (TPSA) is 224 Å². The van der Waals surface area contributed by atoms with Gasteiger partial charge < -0.3 is 40.3 Å². The Balaban J connectivity index is 0.00000183. The van der Waals surface area contributed by atoms with Crippen molar-refractivity contribution < 1.29 is 53.9 Å². The molecule has 0 heterocycles. The van der Waals surface area contributed by atoms with Gasteiger partial charge in [-0.2, -0.15) is 0 Å². The summed E-state index contributed by atoms with van der Waals surface area (Å²) in [6.07, 6.45) is 1.49. The lowest BCUT2D eigenvalue weighted by Gasteiger charge is -2.28. The molecule has 0 fully saturated rings. The molecule has 5 N–H and O–H groups in total. The van der Waals surface area contributed by atoms with Crippen LogP contribution in [0.4, 0.5) is 0 Å². The molecule has 15 nitrogen and oxygen atoms in total. The third kappa shape index (κ3) is 17.5. The van der Waals surface area contributed by atoms with Gasteiger partial charge in [0.2, 0.25) is 5.91 Å². The molecule has 0 saturated carbocycles. The maximum absolute atomic E-state index is 11.9. The zero-order valence-corrected chi connectivity index (χ0v) is 24.7. The number of aliphatic carboxylic acids is 2. The first-order valence-corrected chi connectivity index (χ1v) is 13.0. The minimum atomic E-state index is -1.26. The van der Waals surface area contributed by atoms with Crippen LogP contribution >= 0.6 is 0 Å². The fourth-order valence-electron chi connectivity index (χ4n) is 3.25. The van der Waals surface area contributed by atoms with Crippen molar-refractivity contribution in [3.63, 3.8) is 0 Å². The number of carbonyl (C=O) groups excluding carboxylic acids is 2. The van der Waals surface area contributed by atoms with E-state index >= 15 is 0 Å². The van der Waals surface area contributed by atoms with Gasteiger partial charge in [-0.3, -0.25) is 9.59 Å². The van der Waals surface area contributed by atoms with Gasteiger partial charge in [-0.15, -0.1) is 10.1 Å². The van der Waals surface area contributed by atoms with Gasteiger partial charge in [-0.25, -0.2) is 9.59 Å². The lowest BCUT2D eigenvalue weighted by Crippen LogP contribution is -2.51. The molecular weight excluding hydrogens is 558 g/mol. The van der Waals surface area contributed by atoms with Crippen LogP contribution in [-0.4, -0.2) is 82.2 Å². The molecule has 1 unspecified atom stereocenters. The molecule has 0 aliphatic carbocycles. The molecule has 0 aliphatic rings. The quantitative estimate of drug-likeness (QED) is 0.0431. The number of β-amino-alcohol motifs (C(OH)–C–C–N with tert-alkyl or cyclic N) is 1. The highest BCUT2D eigenvalue weighted by Crippen LogP contribution is 2.33. The van der Waals surface area contributed by atoms with Gasteiger partial charge in [-0.05, 0) is 70.2 Å². The lowest BCUT2D eigenvalue weighted by molar-refractivity contribution is -0.757. The summed E-state index contributed by atoms with van der Waals surface area (Å²) in [6, 6.07) is 1.78. The number of carboxylic acids is 2. The number of rotatable bonds is 17. The molecule has 1 aromatic rings. The van der Waals surface area contributed by atoms with E-state index in [-0.39, 0.29) is 38.1 Å². The van der Waals surface area contributed by atoms with Crippen LogP contribution in [0.1, 0.15) is 56.7 Å². The number of hydrogen-bond donors (Lipinski definition) is 5. The second kappa shape index (κ2) is 19.0. The average Bonchev–Trinajstić information content (AvgIpc) is 2.89. The van der Waals surface area contributed by atoms with Crippen LogP contribution in [0, 0.1) is 30.9 Å². The van der Waals surface area contributed by atoms with E-state index in [1.54, 1.807) is 6.07 Å². The fourth-order valence-corrected chi connectivity index (χ4v) is 3.25. The largest absolute Gasteiger partial charge is 0.491 e. The van der Waals surface area contributed by atoms with Gasteiger partial charge >= 0.3 is 17.9 Å². The van der Waals surface area contributed by atoms with Crippen molar-refractivity contribution in [3.8, 4) is 11.5 Å². The number of esters is 1. The Labute approximate surface area is 243 Å². The van der Waals surface area contributed by atoms with Crippen molar-refractivity contribution in [1.82, 2.24) is 10.6 Å². The highest BCUT2D eigenvalue weighted by molar-refractivity contribution is 5.89. The minimum absolute atomic E-state index is 0.0255. The summed E-state index contributed by atoms with van der Waals surface area (Å²) < 4.78 is 11.1. The standard InChI is InChI=1S/C23H37N3O8.C4H4O4/c1-15-11-20(16(2)17(3)22(15)34-18(4)27)32-13-19(28)12-25-23(5,6)14-24-21(29)9-7-8-10-33-26(30)31;5-3(6)1-2-4(7)8/h11,19,25,28H,7-10,12-14H2,1-6H3,(H,24,29);1-2H,(H,5,6)(H,7,8). The summed E-state index contributed by atoms with van der Waals surface area (Å²) >= 11 is 0. The summed E-state index contributed by atoms with van der Waals surface area (Å²) in [5.74, 6) is -1.92. The number of hydrogen-bond acceptors (Lipinski definition) is 11. The van der Waals surface area contributed by atoms with Crippen molar-refractivity contribution in [3.05, 3.63) is 45.0 Å². The third-order valence-electron chi connectivity index (χ3n) is 5.56. The first-order chi connectivity index (χ1) is 19.4. The van der Waals surface area contributed by atoms with E-state index in [2.05, 4.69) is 15.5 Å². The Bertz CT molecular complexity index is 1100. The number of carbonyl (C=O) groups is 4. The lowest BCUT2D eigenvalue weighted by atomic mass is 10.0. The molecule has 0 aromatic heterocycles. The SMILES string of the molecule is CC(=O)Oc1c(C)cc(OCC(O)CNC(C)(C)CNC(=O)CCCCO[N+](=O)[O-])c(C)c1C.O=C(O)C=CC(=O)O. The molecule has 15 heteroatoms. The van der Waals surface area contributed by atoms with Gasteiger partial charge in [0.1, 0.15) is 24.2 Å². The molecule has 0 bridgehead atoms. The number of nitrogens with zero attached hydrogens (tertiary/aromatic N) is 1. The summed E-state index contributed by atoms with van der Waals surface area (Å²) in [7, 11) is 0. The molecule has 0 radical (unpaired) electrons. The summed E-state index contributed by atoms with van der Waals surface area (Å²) in [5.41, 5.74) is 1.93. The normalized spacial score (nSPS) is 11.6. The number of aryl methyl sites for hydroxylation is 1. The predicted molar refractivity (Wildman–Crippen MR) is 150 cm³/mol. The molecule has 1 atom stereocenters. The molecule has 0 saturated heterocycles. The van der Waals surface area contributed by atoms with Gasteiger partial charge in [0.15, 0.2) is 0 Å². The molecule has 1 aromatic carbocycles. The molecule has 42 heavy (non-hydrogen) atoms. The van der Waals surface area contributed by atoms with Crippen LogP contribution < -0.4 is 20.1 Å². The van der Waals surface area contributed by atoms with E-state index in [0.29, 0.717) is 43.0 Å². The summed E-state index contributed by atoms with van der Waals surface area (Å²) in [4.78, 5) is 56.6. The Morgan fingerprint density at radius 3 is 2.19 bits per heavy atom. The fraction of sp³-hybridized carbons (Fsp3) is 0.556. The van der Waals surface area contributed by atoms with Crippen LogP contribution in [0.15, 0.2) is 18.2 Å². The minimum Gasteiger partial charge on any atom is -0.491 e. The Morgan fingerprint density at radius 2 is 1.67 bits per heavy atom. The van der Waals surface area contributed by atoms with Crippen LogP contribution in [0.2, 0.25) is 0 Å². The van der Waals surface area contributed by atoms with Crippen LogP contribution in [0.5, 0.6) is 11.5 Å². The van der Waals surface area contributed by atoms with E-state index in [9.17, 15) is 34.4 Å². The average molecular weight is 600 g/mol. The highest BCUT2D eigenvalue weighted by atomic mass is 16.9. The summed E-state index contributed by atoms with van der Waals surface area (Å²) in [5, 5.41) is 41.2. The molecule has 236 valence electrons. The molecule has 0 spiro atoms. The number of unbranched alkanes of at least 4 members (excludes halogenated alkanes) is 1. The van der Waals surface area contributed by atoms with Gasteiger partial charge in [0, 0.05) is 44.1 Å². The maximum atomic E-state index is 11.9. The van der Waals surface area contributed by atoms with E-state index in [1.165, 1.54) is 6.92 Å². The monoisotopic (exact) mass is 599 g/mol. The van der Waals surface area contributed by atoms with Gasteiger partial charge in [-0.1, -0.05) is 0 Å². The number of ether oxygens (including phenoxy) is 2. The van der Waals surface area contributed by atoms with Crippen molar-refractivity contribution in [1.29, 1.82) is 0 Å². The Hall–Kier alpha value is -4.24. The molecule has 1 rings (SSSR count). The second-order valence-electron chi connectivity index (χ2n) is 9.89. The van der Waals surface area contributed by atoms with Crippen LogP contribution in [0.3, 0.4) is 0 Å². The smallest absolute Gasteiger partial charge is 0.328 e. The second-order valence-corrected chi connectivity index (χ2v) is 9.89. The number of amides is 1. The first-order valence-electron chi connectivity index (χ1n) is 13.0. The van der Waals surface area contributed by atoms with Crippen LogP contribution in [0.25, 0.3) is 0 Å². The predicted octanol–water partition coefficient (Wildman–Crippen LogP) is 1.85. The van der Waals surface area contributed by atoms with Crippen molar-refractivity contribution in [2.45, 2.75) is 72.4 Å². The molecule has 0 aliphatic heterocycles. The highest BCUT2D eigenvalue weighted by Gasteiger charge is 2.20. The van der Waals surface area contributed by atoms with Gasteiger partial charge in [0.25, 0.3) is 5.09 Å². The molecule has 1 amide bonds. The van der Waals surface area contributed by atoms with Crippen molar-refractivity contribution in [2.75, 3.05) is 26.3 Å². The Kier molecular flexibility index (Phi) is 17.1. The maximum Gasteiger partial charge on any atom is 0.328 e. The number of aliphatic hydroxyl groups is 1. The first kappa shape index (κ1) is 37.8.